The van der Waals surface area contributed by atoms with E-state index in [1.54, 1.807) is 6.33 Å². The van der Waals surface area contributed by atoms with Gasteiger partial charge < -0.3 is 11.1 Å². The van der Waals surface area contributed by atoms with Crippen LogP contribution in [0, 0.1) is 0 Å². The first kappa shape index (κ1) is 13.5. The standard InChI is InChI=1S/C15H20N4S/c1-2-20-14-5-3-4-13(14)19-15-11-8-10(16)6-7-12(11)17-9-18-15/h6-9,13-14H,2-5,16H2,1H3,(H,17,18,19). The number of nitrogens with zero attached hydrogens (tertiary/aromatic N) is 2. The first-order chi connectivity index (χ1) is 9.78. The number of hydrogen-bond donors (Lipinski definition) is 2. The molecule has 2 aromatic rings. The molecule has 1 aromatic heterocycles. The molecule has 4 nitrogen and oxygen atoms in total. The summed E-state index contributed by atoms with van der Waals surface area (Å²) in [5, 5.41) is 5.32. The lowest BCUT2D eigenvalue weighted by molar-refractivity contribution is 0.763. The highest BCUT2D eigenvalue weighted by Crippen LogP contribution is 2.33. The molecule has 0 radical (unpaired) electrons. The van der Waals surface area contributed by atoms with Gasteiger partial charge in [0.1, 0.15) is 12.1 Å². The molecule has 1 aromatic carbocycles. The van der Waals surface area contributed by atoms with Crippen LogP contribution in [0.5, 0.6) is 0 Å². The van der Waals surface area contributed by atoms with Crippen molar-refractivity contribution in [1.82, 2.24) is 9.97 Å². The minimum absolute atomic E-state index is 0.500. The molecule has 3 N–H and O–H groups in total. The lowest BCUT2D eigenvalue weighted by atomic mass is 10.2. The summed E-state index contributed by atoms with van der Waals surface area (Å²) in [7, 11) is 0. The lowest BCUT2D eigenvalue weighted by Crippen LogP contribution is -2.26. The van der Waals surface area contributed by atoms with E-state index < -0.39 is 0 Å². The molecule has 1 saturated carbocycles. The van der Waals surface area contributed by atoms with E-state index in [1.165, 1.54) is 25.0 Å². The van der Waals surface area contributed by atoms with Crippen LogP contribution in [0.1, 0.15) is 26.2 Å². The third-order valence-corrected chi connectivity index (χ3v) is 5.14. The summed E-state index contributed by atoms with van der Waals surface area (Å²) < 4.78 is 0. The van der Waals surface area contributed by atoms with Crippen molar-refractivity contribution in [3.8, 4) is 0 Å². The van der Waals surface area contributed by atoms with Gasteiger partial charge in [0.25, 0.3) is 0 Å². The van der Waals surface area contributed by atoms with Crippen molar-refractivity contribution in [3.05, 3.63) is 24.5 Å². The Bertz CT molecular complexity index is 601. The van der Waals surface area contributed by atoms with Crippen LogP contribution in [0.4, 0.5) is 11.5 Å². The van der Waals surface area contributed by atoms with E-state index in [1.807, 2.05) is 30.0 Å². The second kappa shape index (κ2) is 5.87. The summed E-state index contributed by atoms with van der Waals surface area (Å²) >= 11 is 2.04. The fraction of sp³-hybridized carbons (Fsp3) is 0.467. The number of nitrogens with two attached hydrogens (primary N) is 1. The van der Waals surface area contributed by atoms with Crippen molar-refractivity contribution in [2.24, 2.45) is 0 Å². The number of nitrogen functional groups attached to an aromatic ring is 1. The summed E-state index contributed by atoms with van der Waals surface area (Å²) in [5.41, 5.74) is 7.58. The number of aromatic nitrogens is 2. The number of nitrogens with one attached hydrogen (secondary N) is 1. The van der Waals surface area contributed by atoms with E-state index in [2.05, 4.69) is 22.2 Å². The van der Waals surface area contributed by atoms with Gasteiger partial charge in [-0.2, -0.15) is 11.8 Å². The molecule has 1 fully saturated rings. The van der Waals surface area contributed by atoms with Crippen LogP contribution in [0.2, 0.25) is 0 Å². The first-order valence-corrected chi connectivity index (χ1v) is 8.21. The maximum absolute atomic E-state index is 5.89. The summed E-state index contributed by atoms with van der Waals surface area (Å²) in [5.74, 6) is 2.08. The molecule has 2 atom stereocenters. The third-order valence-electron chi connectivity index (χ3n) is 3.81. The highest BCUT2D eigenvalue weighted by Gasteiger charge is 2.27. The van der Waals surface area contributed by atoms with Crippen molar-refractivity contribution < 1.29 is 0 Å². The Balaban J connectivity index is 1.88. The second-order valence-electron chi connectivity index (χ2n) is 5.17. The largest absolute Gasteiger partial charge is 0.399 e. The maximum Gasteiger partial charge on any atom is 0.137 e. The molecule has 5 heteroatoms. The van der Waals surface area contributed by atoms with Crippen molar-refractivity contribution in [3.63, 3.8) is 0 Å². The zero-order chi connectivity index (χ0) is 13.9. The second-order valence-corrected chi connectivity index (χ2v) is 6.69. The van der Waals surface area contributed by atoms with E-state index in [4.69, 9.17) is 5.73 Å². The zero-order valence-electron chi connectivity index (χ0n) is 11.7. The van der Waals surface area contributed by atoms with E-state index >= 15 is 0 Å². The highest BCUT2D eigenvalue weighted by molar-refractivity contribution is 7.99. The van der Waals surface area contributed by atoms with Crippen molar-refractivity contribution in [2.45, 2.75) is 37.5 Å². The monoisotopic (exact) mass is 288 g/mol. The van der Waals surface area contributed by atoms with Gasteiger partial charge in [-0.25, -0.2) is 9.97 Å². The van der Waals surface area contributed by atoms with Crippen LogP contribution < -0.4 is 11.1 Å². The Labute approximate surface area is 123 Å². The Morgan fingerprint density at radius 3 is 3.10 bits per heavy atom. The van der Waals surface area contributed by atoms with Gasteiger partial charge >= 0.3 is 0 Å². The van der Waals surface area contributed by atoms with E-state index in [9.17, 15) is 0 Å². The van der Waals surface area contributed by atoms with Gasteiger partial charge in [-0.05, 0) is 36.8 Å². The van der Waals surface area contributed by atoms with E-state index in [-0.39, 0.29) is 0 Å². The molecule has 3 rings (SSSR count). The fourth-order valence-corrected chi connectivity index (χ4v) is 4.07. The van der Waals surface area contributed by atoms with Crippen molar-refractivity contribution >= 4 is 34.2 Å². The Hall–Kier alpha value is -1.49. The summed E-state index contributed by atoms with van der Waals surface area (Å²) in [6.45, 7) is 2.22. The van der Waals surface area contributed by atoms with Crippen LogP contribution >= 0.6 is 11.8 Å². The molecule has 20 heavy (non-hydrogen) atoms. The average Bonchev–Trinajstić information content (AvgIpc) is 2.87. The molecule has 2 unspecified atom stereocenters. The number of anilines is 2. The Morgan fingerprint density at radius 2 is 2.25 bits per heavy atom. The number of hydrogen-bond acceptors (Lipinski definition) is 5. The molecule has 1 aliphatic carbocycles. The normalized spacial score (nSPS) is 22.2. The zero-order valence-corrected chi connectivity index (χ0v) is 12.5. The average molecular weight is 288 g/mol. The fourth-order valence-electron chi connectivity index (χ4n) is 2.87. The number of benzene rings is 1. The number of rotatable bonds is 4. The third kappa shape index (κ3) is 2.68. The quantitative estimate of drug-likeness (QED) is 0.845. The first-order valence-electron chi connectivity index (χ1n) is 7.16. The van der Waals surface area contributed by atoms with E-state index in [0.717, 1.165) is 22.4 Å². The van der Waals surface area contributed by atoms with Crippen LogP contribution in [-0.2, 0) is 0 Å². The molecule has 1 aliphatic rings. The molecule has 0 spiro atoms. The van der Waals surface area contributed by atoms with Crippen LogP contribution in [0.3, 0.4) is 0 Å². The van der Waals surface area contributed by atoms with Gasteiger partial charge in [0.15, 0.2) is 0 Å². The van der Waals surface area contributed by atoms with Crippen LogP contribution in [-0.4, -0.2) is 27.0 Å². The SMILES string of the molecule is CCSC1CCCC1Nc1ncnc2ccc(N)cc12. The van der Waals surface area contributed by atoms with Gasteiger partial charge in [-0.15, -0.1) is 0 Å². The number of thioether (sulfide) groups is 1. The Kier molecular flexibility index (Phi) is 3.96. The molecule has 0 saturated heterocycles. The van der Waals surface area contributed by atoms with Crippen LogP contribution in [0.15, 0.2) is 24.5 Å². The predicted molar refractivity (Wildman–Crippen MR) is 87.1 cm³/mol. The van der Waals surface area contributed by atoms with Gasteiger partial charge in [0.05, 0.1) is 5.52 Å². The molecular formula is C15H20N4S. The van der Waals surface area contributed by atoms with Crippen molar-refractivity contribution in [2.75, 3.05) is 16.8 Å². The molecule has 1 heterocycles. The maximum atomic E-state index is 5.89. The molecule has 0 aliphatic heterocycles. The highest BCUT2D eigenvalue weighted by atomic mass is 32.2. The molecule has 106 valence electrons. The minimum atomic E-state index is 0.500. The van der Waals surface area contributed by atoms with Gasteiger partial charge in [-0.3, -0.25) is 0 Å². The van der Waals surface area contributed by atoms with Gasteiger partial charge in [0.2, 0.25) is 0 Å². The van der Waals surface area contributed by atoms with Crippen LogP contribution in [0.25, 0.3) is 10.9 Å². The summed E-state index contributed by atoms with van der Waals surface area (Å²) in [6.07, 6.45) is 5.42. The van der Waals surface area contributed by atoms with Gasteiger partial charge in [0, 0.05) is 22.4 Å². The molecule has 0 amide bonds. The lowest BCUT2D eigenvalue weighted by Gasteiger charge is -2.21. The topological polar surface area (TPSA) is 63.8 Å². The summed E-state index contributed by atoms with van der Waals surface area (Å²) in [4.78, 5) is 8.72. The van der Waals surface area contributed by atoms with Gasteiger partial charge in [-0.1, -0.05) is 13.3 Å². The van der Waals surface area contributed by atoms with E-state index in [0.29, 0.717) is 11.3 Å². The minimum Gasteiger partial charge on any atom is -0.399 e. The molecule has 0 bridgehead atoms. The Morgan fingerprint density at radius 1 is 1.35 bits per heavy atom. The van der Waals surface area contributed by atoms with Crippen molar-refractivity contribution in [1.29, 1.82) is 0 Å². The molecular weight excluding hydrogens is 268 g/mol. The predicted octanol–water partition coefficient (Wildman–Crippen LogP) is 3.30. The summed E-state index contributed by atoms with van der Waals surface area (Å²) in [6, 6.07) is 6.28. The number of fused-ring (bicyclic) bond motifs is 1. The smallest absolute Gasteiger partial charge is 0.137 e.